The molecule has 2 rings (SSSR count). The summed E-state index contributed by atoms with van der Waals surface area (Å²) in [4.78, 5) is 25.6. The molecule has 1 aromatic carbocycles. The van der Waals surface area contributed by atoms with Gasteiger partial charge in [-0.25, -0.2) is 14.5 Å². The van der Waals surface area contributed by atoms with Gasteiger partial charge in [0.15, 0.2) is 0 Å². The Bertz CT molecular complexity index is 695. The smallest absolute Gasteiger partial charge is 0.377 e. The molecule has 0 aliphatic heterocycles. The molecule has 0 radical (unpaired) electrons. The van der Waals surface area contributed by atoms with Gasteiger partial charge >= 0.3 is 5.97 Å². The highest BCUT2D eigenvalue weighted by Gasteiger charge is 2.20. The first-order chi connectivity index (χ1) is 9.93. The van der Waals surface area contributed by atoms with Crippen LogP contribution in [0.15, 0.2) is 24.5 Å². The second kappa shape index (κ2) is 5.67. The summed E-state index contributed by atoms with van der Waals surface area (Å²) in [5.74, 6) is -0.941. The summed E-state index contributed by atoms with van der Waals surface area (Å²) in [6, 6.07) is 4.21. The van der Waals surface area contributed by atoms with E-state index in [1.807, 2.05) is 0 Å². The molecule has 0 spiro atoms. The SMILES string of the molecule is COC(=O)c1ncn(-c2ccc([C@H](C)O)cc2[N+](=O)[O-])n1. The molecule has 0 fully saturated rings. The fourth-order valence-electron chi connectivity index (χ4n) is 1.70. The lowest BCUT2D eigenvalue weighted by molar-refractivity contribution is -0.384. The largest absolute Gasteiger partial charge is 0.463 e. The van der Waals surface area contributed by atoms with Gasteiger partial charge in [-0.3, -0.25) is 10.1 Å². The lowest BCUT2D eigenvalue weighted by Crippen LogP contribution is -2.06. The molecule has 0 saturated carbocycles. The molecular weight excluding hydrogens is 280 g/mol. The van der Waals surface area contributed by atoms with Gasteiger partial charge in [-0.2, -0.15) is 0 Å². The summed E-state index contributed by atoms with van der Waals surface area (Å²) >= 11 is 0. The van der Waals surface area contributed by atoms with E-state index in [2.05, 4.69) is 14.8 Å². The average Bonchev–Trinajstić information content (AvgIpc) is 2.95. The van der Waals surface area contributed by atoms with Crippen molar-refractivity contribution in [2.24, 2.45) is 0 Å². The van der Waals surface area contributed by atoms with Crippen LogP contribution in [0.5, 0.6) is 0 Å². The van der Waals surface area contributed by atoms with Crippen LogP contribution in [-0.4, -0.2) is 37.9 Å². The third-order valence-electron chi connectivity index (χ3n) is 2.79. The molecule has 1 heterocycles. The zero-order valence-electron chi connectivity index (χ0n) is 11.3. The van der Waals surface area contributed by atoms with E-state index in [0.717, 1.165) is 4.68 Å². The summed E-state index contributed by atoms with van der Waals surface area (Å²) in [7, 11) is 1.18. The number of nitrogens with zero attached hydrogens (tertiary/aromatic N) is 4. The minimum absolute atomic E-state index is 0.132. The molecule has 9 heteroatoms. The normalized spacial score (nSPS) is 12.0. The van der Waals surface area contributed by atoms with E-state index in [9.17, 15) is 20.0 Å². The standard InChI is InChI=1S/C12H12N4O5/c1-7(17)8-3-4-9(10(5-8)16(19)20)15-6-13-11(14-15)12(18)21-2/h3-7,17H,1-2H3/t7-/m0/s1. The van der Waals surface area contributed by atoms with Crippen molar-refractivity contribution in [1.29, 1.82) is 0 Å². The number of methoxy groups -OCH3 is 1. The van der Waals surface area contributed by atoms with Gasteiger partial charge in [0.05, 0.1) is 18.1 Å². The van der Waals surface area contributed by atoms with E-state index in [-0.39, 0.29) is 17.2 Å². The second-order valence-corrected chi connectivity index (χ2v) is 4.19. The molecule has 0 bridgehead atoms. The second-order valence-electron chi connectivity index (χ2n) is 4.19. The number of hydrogen-bond donors (Lipinski definition) is 1. The first kappa shape index (κ1) is 14.6. The lowest BCUT2D eigenvalue weighted by atomic mass is 10.1. The van der Waals surface area contributed by atoms with Gasteiger partial charge in [-0.1, -0.05) is 6.07 Å². The van der Waals surface area contributed by atoms with Crippen molar-refractivity contribution < 1.29 is 19.6 Å². The number of aromatic nitrogens is 3. The summed E-state index contributed by atoms with van der Waals surface area (Å²) in [5.41, 5.74) is 0.278. The third kappa shape index (κ3) is 2.87. The van der Waals surface area contributed by atoms with Gasteiger partial charge in [-0.05, 0) is 18.6 Å². The number of rotatable bonds is 4. The maximum Gasteiger partial charge on any atom is 0.377 e. The van der Waals surface area contributed by atoms with Crippen LogP contribution in [0, 0.1) is 10.1 Å². The molecule has 0 saturated heterocycles. The van der Waals surface area contributed by atoms with Gasteiger partial charge in [0.2, 0.25) is 0 Å². The molecule has 2 aromatic rings. The first-order valence-corrected chi connectivity index (χ1v) is 5.90. The predicted molar refractivity (Wildman–Crippen MR) is 70.0 cm³/mol. The van der Waals surface area contributed by atoms with E-state index in [0.29, 0.717) is 5.56 Å². The maximum atomic E-state index is 11.3. The number of carbonyl (C=O) groups excluding carboxylic acids is 1. The van der Waals surface area contributed by atoms with Crippen LogP contribution < -0.4 is 0 Å². The number of benzene rings is 1. The Morgan fingerprint density at radius 3 is 2.81 bits per heavy atom. The monoisotopic (exact) mass is 292 g/mol. The average molecular weight is 292 g/mol. The highest BCUT2D eigenvalue weighted by molar-refractivity contribution is 5.84. The number of aliphatic hydroxyl groups excluding tert-OH is 1. The van der Waals surface area contributed by atoms with Gasteiger partial charge in [0.1, 0.15) is 12.0 Å². The number of esters is 1. The Kier molecular flexibility index (Phi) is 3.94. The van der Waals surface area contributed by atoms with Crippen molar-refractivity contribution in [3.05, 3.63) is 46.0 Å². The minimum atomic E-state index is -0.834. The van der Waals surface area contributed by atoms with Crippen LogP contribution in [0.2, 0.25) is 0 Å². The number of nitro groups is 1. The molecule has 1 N–H and O–H groups in total. The molecule has 1 atom stereocenters. The lowest BCUT2D eigenvalue weighted by Gasteiger charge is -2.07. The molecule has 21 heavy (non-hydrogen) atoms. The van der Waals surface area contributed by atoms with Crippen molar-refractivity contribution in [2.75, 3.05) is 7.11 Å². The molecule has 0 unspecified atom stereocenters. The molecule has 9 nitrogen and oxygen atoms in total. The summed E-state index contributed by atoms with van der Waals surface area (Å²) in [6.07, 6.45) is 0.343. The van der Waals surface area contributed by atoms with Crippen LogP contribution in [0.25, 0.3) is 5.69 Å². The third-order valence-corrected chi connectivity index (χ3v) is 2.79. The fraction of sp³-hybridized carbons (Fsp3) is 0.250. The van der Waals surface area contributed by atoms with E-state index < -0.39 is 17.0 Å². The van der Waals surface area contributed by atoms with Gasteiger partial charge < -0.3 is 9.84 Å². The quantitative estimate of drug-likeness (QED) is 0.507. The summed E-state index contributed by atoms with van der Waals surface area (Å²) < 4.78 is 5.58. The van der Waals surface area contributed by atoms with E-state index in [4.69, 9.17) is 0 Å². The van der Waals surface area contributed by atoms with Crippen molar-refractivity contribution >= 4 is 11.7 Å². The minimum Gasteiger partial charge on any atom is -0.463 e. The topological polar surface area (TPSA) is 120 Å². The number of ether oxygens (including phenoxy) is 1. The highest BCUT2D eigenvalue weighted by atomic mass is 16.6. The Labute approximate surface area is 118 Å². The summed E-state index contributed by atoms with van der Waals surface area (Å²) in [5, 5.41) is 24.5. The van der Waals surface area contributed by atoms with Crippen molar-refractivity contribution in [3.63, 3.8) is 0 Å². The van der Waals surface area contributed by atoms with E-state index in [1.165, 1.54) is 38.6 Å². The Morgan fingerprint density at radius 2 is 2.24 bits per heavy atom. The van der Waals surface area contributed by atoms with Crippen LogP contribution >= 0.6 is 0 Å². The zero-order chi connectivity index (χ0) is 15.6. The van der Waals surface area contributed by atoms with Crippen molar-refractivity contribution in [1.82, 2.24) is 14.8 Å². The molecule has 0 amide bonds. The number of nitro benzene ring substituents is 1. The van der Waals surface area contributed by atoms with E-state index >= 15 is 0 Å². The van der Waals surface area contributed by atoms with Gasteiger partial charge in [0.25, 0.3) is 11.5 Å². The Balaban J connectivity index is 2.50. The Morgan fingerprint density at radius 1 is 1.52 bits per heavy atom. The van der Waals surface area contributed by atoms with Crippen molar-refractivity contribution in [3.8, 4) is 5.69 Å². The van der Waals surface area contributed by atoms with E-state index in [1.54, 1.807) is 0 Å². The van der Waals surface area contributed by atoms with Gasteiger partial charge in [-0.15, -0.1) is 5.10 Å². The highest BCUT2D eigenvalue weighted by Crippen LogP contribution is 2.26. The predicted octanol–water partition coefficient (Wildman–Crippen LogP) is 1.02. The Hall–Kier alpha value is -2.81. The van der Waals surface area contributed by atoms with Crippen molar-refractivity contribution in [2.45, 2.75) is 13.0 Å². The number of hydrogen-bond acceptors (Lipinski definition) is 7. The van der Waals surface area contributed by atoms with Crippen LogP contribution in [0.4, 0.5) is 5.69 Å². The first-order valence-electron chi connectivity index (χ1n) is 5.90. The van der Waals surface area contributed by atoms with Crippen LogP contribution in [0.1, 0.15) is 29.2 Å². The van der Waals surface area contributed by atoms with Crippen LogP contribution in [-0.2, 0) is 4.74 Å². The fourth-order valence-corrected chi connectivity index (χ4v) is 1.70. The maximum absolute atomic E-state index is 11.3. The zero-order valence-corrected chi connectivity index (χ0v) is 11.3. The molecule has 0 aliphatic rings. The molecule has 1 aromatic heterocycles. The molecule has 0 aliphatic carbocycles. The number of aliphatic hydroxyl groups is 1. The molecular formula is C12H12N4O5. The number of carbonyl (C=O) groups is 1. The van der Waals surface area contributed by atoms with Gasteiger partial charge in [0, 0.05) is 6.07 Å². The van der Waals surface area contributed by atoms with Crippen LogP contribution in [0.3, 0.4) is 0 Å². The molecule has 110 valence electrons. The summed E-state index contributed by atoms with van der Waals surface area (Å²) in [6.45, 7) is 1.50.